The number of amides is 1. The zero-order valence-electron chi connectivity index (χ0n) is 15.3. The fourth-order valence-electron chi connectivity index (χ4n) is 1.94. The fraction of sp³-hybridized carbons (Fsp3) is 0.556. The van der Waals surface area contributed by atoms with Crippen molar-refractivity contribution in [2.45, 2.75) is 52.2 Å². The molecule has 134 valence electrons. The number of anilines is 1. The maximum Gasteiger partial charge on any atom is 0.341 e. The Kier molecular flexibility index (Phi) is 7.22. The number of nitrogens with one attached hydrogen (secondary N) is 1. The molecule has 0 aliphatic rings. The Balaban J connectivity index is 3.10. The monoisotopic (exact) mass is 337 g/mol. The van der Waals surface area contributed by atoms with Crippen molar-refractivity contribution in [2.75, 3.05) is 19.5 Å². The van der Waals surface area contributed by atoms with Crippen molar-refractivity contribution in [1.82, 2.24) is 0 Å². The van der Waals surface area contributed by atoms with Gasteiger partial charge in [0.25, 0.3) is 5.91 Å². The number of methoxy groups -OCH3 is 2. The van der Waals surface area contributed by atoms with Crippen molar-refractivity contribution in [3.8, 4) is 5.75 Å². The molecule has 0 aliphatic heterocycles. The predicted octanol–water partition coefficient (Wildman–Crippen LogP) is 3.40. The minimum absolute atomic E-state index is 0.0364. The van der Waals surface area contributed by atoms with Gasteiger partial charge in [-0.05, 0) is 44.9 Å². The number of rotatable bonds is 8. The van der Waals surface area contributed by atoms with E-state index in [1.54, 1.807) is 25.1 Å². The first kappa shape index (κ1) is 20.0. The zero-order chi connectivity index (χ0) is 18.3. The summed E-state index contributed by atoms with van der Waals surface area (Å²) in [4.78, 5) is 24.4. The van der Waals surface area contributed by atoms with Gasteiger partial charge >= 0.3 is 5.97 Å². The summed E-state index contributed by atoms with van der Waals surface area (Å²) in [5.74, 6) is -0.368. The van der Waals surface area contributed by atoms with Crippen LogP contribution in [0.2, 0.25) is 0 Å². The van der Waals surface area contributed by atoms with Crippen LogP contribution < -0.4 is 10.1 Å². The zero-order valence-corrected chi connectivity index (χ0v) is 15.3. The van der Waals surface area contributed by atoms with E-state index >= 15 is 0 Å². The molecule has 1 amide bonds. The third-order valence-corrected chi connectivity index (χ3v) is 4.15. The molecule has 0 saturated carbocycles. The number of benzene rings is 1. The highest BCUT2D eigenvalue weighted by atomic mass is 16.5. The van der Waals surface area contributed by atoms with Crippen LogP contribution in [0.3, 0.4) is 0 Å². The molecule has 6 heteroatoms. The largest absolute Gasteiger partial charge is 0.490 e. The lowest BCUT2D eigenvalue weighted by atomic mass is 10.0. The van der Waals surface area contributed by atoms with Crippen LogP contribution in [-0.4, -0.2) is 37.8 Å². The quantitative estimate of drug-likeness (QED) is 0.736. The van der Waals surface area contributed by atoms with Crippen molar-refractivity contribution in [1.29, 1.82) is 0 Å². The number of hydrogen-bond donors (Lipinski definition) is 1. The molecule has 0 spiro atoms. The van der Waals surface area contributed by atoms with Gasteiger partial charge < -0.3 is 19.5 Å². The molecule has 0 fully saturated rings. The number of ether oxygens (including phenoxy) is 3. The van der Waals surface area contributed by atoms with Crippen LogP contribution in [0.5, 0.6) is 5.75 Å². The van der Waals surface area contributed by atoms with E-state index in [1.165, 1.54) is 14.2 Å². The van der Waals surface area contributed by atoms with Crippen LogP contribution in [0, 0.1) is 0 Å². The fourth-order valence-corrected chi connectivity index (χ4v) is 1.94. The van der Waals surface area contributed by atoms with E-state index in [2.05, 4.69) is 5.32 Å². The van der Waals surface area contributed by atoms with E-state index in [-0.39, 0.29) is 17.6 Å². The van der Waals surface area contributed by atoms with Gasteiger partial charge in [-0.15, -0.1) is 0 Å². The highest BCUT2D eigenvalue weighted by Crippen LogP contribution is 2.26. The van der Waals surface area contributed by atoms with E-state index in [9.17, 15) is 9.59 Å². The number of carbonyl (C=O) groups excluding carboxylic acids is 2. The van der Waals surface area contributed by atoms with E-state index in [0.717, 1.165) is 6.42 Å². The number of hydrogen-bond acceptors (Lipinski definition) is 5. The Hall–Kier alpha value is -2.08. The second-order valence-electron chi connectivity index (χ2n) is 5.78. The second kappa shape index (κ2) is 8.68. The molecule has 1 aromatic carbocycles. The summed E-state index contributed by atoms with van der Waals surface area (Å²) in [6.45, 7) is 7.49. The van der Waals surface area contributed by atoms with Crippen molar-refractivity contribution >= 4 is 17.6 Å². The molecule has 0 aromatic heterocycles. The molecule has 24 heavy (non-hydrogen) atoms. The van der Waals surface area contributed by atoms with Gasteiger partial charge in [0.1, 0.15) is 16.9 Å². The highest BCUT2D eigenvalue weighted by Gasteiger charge is 2.31. The van der Waals surface area contributed by atoms with Crippen molar-refractivity contribution in [3.05, 3.63) is 23.8 Å². The Morgan fingerprint density at radius 3 is 2.42 bits per heavy atom. The highest BCUT2D eigenvalue weighted by molar-refractivity contribution is 5.99. The maximum absolute atomic E-state index is 12.4. The third-order valence-electron chi connectivity index (χ3n) is 4.15. The molecule has 0 bridgehead atoms. The minimum atomic E-state index is -0.933. The van der Waals surface area contributed by atoms with Crippen LogP contribution in [0.15, 0.2) is 18.2 Å². The summed E-state index contributed by atoms with van der Waals surface area (Å²) in [7, 11) is 2.80. The van der Waals surface area contributed by atoms with E-state index in [1.807, 2.05) is 20.8 Å². The molecular weight excluding hydrogens is 310 g/mol. The molecular formula is C18H27NO5. The van der Waals surface area contributed by atoms with Gasteiger partial charge in [-0.25, -0.2) is 4.79 Å². The molecule has 1 N–H and O–H groups in total. The minimum Gasteiger partial charge on any atom is -0.490 e. The van der Waals surface area contributed by atoms with Gasteiger partial charge in [0.05, 0.1) is 13.2 Å². The smallest absolute Gasteiger partial charge is 0.341 e. The number of carbonyl (C=O) groups is 2. The molecule has 0 aliphatic carbocycles. The van der Waals surface area contributed by atoms with E-state index < -0.39 is 11.6 Å². The van der Waals surface area contributed by atoms with Crippen molar-refractivity contribution < 1.29 is 23.8 Å². The van der Waals surface area contributed by atoms with Gasteiger partial charge in [0, 0.05) is 12.8 Å². The summed E-state index contributed by atoms with van der Waals surface area (Å²) in [6, 6.07) is 4.89. The summed E-state index contributed by atoms with van der Waals surface area (Å²) in [5, 5.41) is 2.77. The van der Waals surface area contributed by atoms with Gasteiger partial charge in [-0.3, -0.25) is 4.79 Å². The number of esters is 1. The lowest BCUT2D eigenvalue weighted by Gasteiger charge is -2.25. The van der Waals surface area contributed by atoms with Gasteiger partial charge in [0.15, 0.2) is 0 Å². The third kappa shape index (κ3) is 4.71. The van der Waals surface area contributed by atoms with Crippen LogP contribution >= 0.6 is 0 Å². The van der Waals surface area contributed by atoms with Gasteiger partial charge in [0.2, 0.25) is 0 Å². The normalized spacial score (nSPS) is 14.4. The Bertz CT molecular complexity index is 581. The first-order valence-corrected chi connectivity index (χ1v) is 8.06. The summed E-state index contributed by atoms with van der Waals surface area (Å²) in [5.41, 5.74) is -0.183. The summed E-state index contributed by atoms with van der Waals surface area (Å²) >= 11 is 0. The van der Waals surface area contributed by atoms with Crippen LogP contribution in [-0.2, 0) is 14.3 Å². The van der Waals surface area contributed by atoms with Crippen LogP contribution in [0.25, 0.3) is 0 Å². The van der Waals surface area contributed by atoms with E-state index in [4.69, 9.17) is 14.2 Å². The summed E-state index contributed by atoms with van der Waals surface area (Å²) in [6.07, 6.45) is 1.29. The summed E-state index contributed by atoms with van der Waals surface area (Å²) < 4.78 is 15.8. The second-order valence-corrected chi connectivity index (χ2v) is 5.78. The molecule has 1 aromatic rings. The van der Waals surface area contributed by atoms with Crippen molar-refractivity contribution in [3.63, 3.8) is 0 Å². The molecule has 0 unspecified atom stereocenters. The average molecular weight is 337 g/mol. The maximum atomic E-state index is 12.4. The first-order valence-electron chi connectivity index (χ1n) is 8.06. The van der Waals surface area contributed by atoms with E-state index in [0.29, 0.717) is 17.9 Å². The molecule has 1 rings (SSSR count). The van der Waals surface area contributed by atoms with Gasteiger partial charge in [-0.1, -0.05) is 13.8 Å². The Labute approximate surface area is 143 Å². The van der Waals surface area contributed by atoms with Crippen LogP contribution in [0.4, 0.5) is 5.69 Å². The lowest BCUT2D eigenvalue weighted by Crippen LogP contribution is -2.41. The molecule has 2 atom stereocenters. The van der Waals surface area contributed by atoms with Crippen LogP contribution in [0.1, 0.15) is 50.9 Å². The Morgan fingerprint density at radius 1 is 1.25 bits per heavy atom. The lowest BCUT2D eigenvalue weighted by molar-refractivity contribution is -0.136. The first-order chi connectivity index (χ1) is 11.3. The molecule has 0 radical (unpaired) electrons. The Morgan fingerprint density at radius 2 is 1.92 bits per heavy atom. The topological polar surface area (TPSA) is 73.9 Å². The van der Waals surface area contributed by atoms with Gasteiger partial charge in [-0.2, -0.15) is 0 Å². The SMILES string of the molecule is CC[C@@H](C)Oc1ccc(NC(=O)[C@](C)(CC)OC)cc1C(=O)OC. The molecule has 6 nitrogen and oxygen atoms in total. The molecule has 0 saturated heterocycles. The predicted molar refractivity (Wildman–Crippen MR) is 92.5 cm³/mol. The molecule has 0 heterocycles. The standard InChI is InChI=1S/C18H27NO5/c1-7-12(3)24-15-10-9-13(11-14(15)16(20)22-5)19-17(21)18(4,8-2)23-6/h9-12H,7-8H2,1-6H3,(H,19,21)/t12-,18+/m1/s1. The van der Waals surface area contributed by atoms with Crippen molar-refractivity contribution in [2.24, 2.45) is 0 Å². The average Bonchev–Trinajstić information content (AvgIpc) is 2.61.